The van der Waals surface area contributed by atoms with Gasteiger partial charge in [0, 0.05) is 33.8 Å². The smallest absolute Gasteiger partial charge is 0.226 e. The van der Waals surface area contributed by atoms with Gasteiger partial charge in [0.05, 0.1) is 11.3 Å². The number of pyridine rings is 1. The van der Waals surface area contributed by atoms with Gasteiger partial charge in [-0.05, 0) is 30.7 Å². The zero-order valence-electron chi connectivity index (χ0n) is 15.8. The zero-order chi connectivity index (χ0) is 20.6. The van der Waals surface area contributed by atoms with Crippen molar-refractivity contribution in [3.8, 4) is 17.3 Å². The molecule has 2 heterocycles. The highest BCUT2D eigenvalue weighted by atomic mass is 35.5. The number of carbonyl (C=O) groups is 1. The second-order valence-electron chi connectivity index (χ2n) is 6.21. The van der Waals surface area contributed by atoms with E-state index in [4.69, 9.17) is 11.6 Å². The molecular weight excluding hydrogens is 424 g/mol. The van der Waals surface area contributed by atoms with Crippen molar-refractivity contribution in [2.75, 3.05) is 11.1 Å². The number of nitrogens with zero attached hydrogens (tertiary/aromatic N) is 3. The molecule has 1 amide bonds. The van der Waals surface area contributed by atoms with Crippen molar-refractivity contribution in [3.63, 3.8) is 0 Å². The number of nitriles is 1. The number of rotatable bonds is 8. The maximum atomic E-state index is 12.3. The number of carbonyl (C=O) groups excluding carboxylic acids is 1. The highest BCUT2D eigenvalue weighted by Crippen LogP contribution is 2.26. The van der Waals surface area contributed by atoms with Crippen LogP contribution in [0.5, 0.6) is 0 Å². The SMILES string of the molecule is CCCc1ccc(C#N)c(SCCC(=O)Nc2nc(-c3ccc(Cl)cc3)cs2)n1. The van der Waals surface area contributed by atoms with Crippen LogP contribution in [0.4, 0.5) is 5.13 Å². The Bertz CT molecular complexity index is 1030. The first kappa shape index (κ1) is 21.3. The summed E-state index contributed by atoms with van der Waals surface area (Å²) in [6.07, 6.45) is 2.18. The molecule has 148 valence electrons. The molecule has 3 rings (SSSR count). The number of thioether (sulfide) groups is 1. The van der Waals surface area contributed by atoms with Gasteiger partial charge in [-0.25, -0.2) is 9.97 Å². The van der Waals surface area contributed by atoms with Crippen molar-refractivity contribution >= 4 is 45.7 Å². The fourth-order valence-electron chi connectivity index (χ4n) is 2.58. The van der Waals surface area contributed by atoms with Crippen LogP contribution in [0.15, 0.2) is 46.8 Å². The van der Waals surface area contributed by atoms with Gasteiger partial charge in [-0.3, -0.25) is 4.79 Å². The van der Waals surface area contributed by atoms with Crippen LogP contribution in [0.1, 0.15) is 31.0 Å². The van der Waals surface area contributed by atoms with Gasteiger partial charge in [0.2, 0.25) is 5.91 Å². The summed E-state index contributed by atoms with van der Waals surface area (Å²) in [4.78, 5) is 21.3. The molecule has 0 fully saturated rings. The standard InChI is InChI=1S/C21H19ClN4OS2/c1-2-3-17-9-6-15(12-23)20(24-17)28-11-10-19(27)26-21-25-18(13-29-21)14-4-7-16(22)8-5-14/h4-9,13H,2-3,10-11H2,1H3,(H,25,26,27). The molecule has 0 aliphatic carbocycles. The van der Waals surface area contributed by atoms with Crippen LogP contribution in [0.2, 0.25) is 5.02 Å². The molecule has 0 atom stereocenters. The van der Waals surface area contributed by atoms with Crippen LogP contribution < -0.4 is 5.32 Å². The number of aryl methyl sites for hydroxylation is 1. The fourth-order valence-corrected chi connectivity index (χ4v) is 4.37. The van der Waals surface area contributed by atoms with Gasteiger partial charge in [0.1, 0.15) is 11.1 Å². The van der Waals surface area contributed by atoms with Crippen molar-refractivity contribution < 1.29 is 4.79 Å². The van der Waals surface area contributed by atoms with Crippen LogP contribution >= 0.6 is 34.7 Å². The molecule has 29 heavy (non-hydrogen) atoms. The molecule has 0 aliphatic rings. The normalized spacial score (nSPS) is 10.5. The number of thiazole rings is 1. The summed E-state index contributed by atoms with van der Waals surface area (Å²) in [5.74, 6) is 0.427. The van der Waals surface area contributed by atoms with Gasteiger partial charge in [0.25, 0.3) is 0 Å². The summed E-state index contributed by atoms with van der Waals surface area (Å²) in [7, 11) is 0. The molecule has 0 aliphatic heterocycles. The molecule has 0 spiro atoms. The Hall–Kier alpha value is -2.40. The van der Waals surface area contributed by atoms with E-state index >= 15 is 0 Å². The maximum Gasteiger partial charge on any atom is 0.226 e. The van der Waals surface area contributed by atoms with Crippen LogP contribution in [0.3, 0.4) is 0 Å². The molecule has 0 radical (unpaired) electrons. The average Bonchev–Trinajstić information content (AvgIpc) is 3.17. The third-order valence-corrected chi connectivity index (χ3v) is 6.01. The number of nitrogens with one attached hydrogen (secondary N) is 1. The molecule has 2 aromatic heterocycles. The van der Waals surface area contributed by atoms with Crippen molar-refractivity contribution in [2.45, 2.75) is 31.2 Å². The molecule has 0 saturated heterocycles. The Morgan fingerprint density at radius 1 is 1.24 bits per heavy atom. The van der Waals surface area contributed by atoms with Gasteiger partial charge >= 0.3 is 0 Å². The molecule has 0 unspecified atom stereocenters. The van der Waals surface area contributed by atoms with Crippen LogP contribution in [0, 0.1) is 11.3 Å². The first-order valence-corrected chi connectivity index (χ1v) is 11.4. The van der Waals surface area contributed by atoms with E-state index in [0.717, 1.165) is 29.8 Å². The van der Waals surface area contributed by atoms with Crippen molar-refractivity contribution in [1.29, 1.82) is 5.26 Å². The number of aromatic nitrogens is 2. The summed E-state index contributed by atoms with van der Waals surface area (Å²) in [5.41, 5.74) is 3.26. The van der Waals surface area contributed by atoms with Crippen molar-refractivity contribution in [2.24, 2.45) is 0 Å². The lowest BCUT2D eigenvalue weighted by molar-refractivity contribution is -0.115. The summed E-state index contributed by atoms with van der Waals surface area (Å²) in [6, 6.07) is 13.3. The third kappa shape index (κ3) is 6.04. The third-order valence-electron chi connectivity index (χ3n) is 4.00. The first-order chi connectivity index (χ1) is 14.1. The number of anilines is 1. The molecule has 0 bridgehead atoms. The number of hydrogen-bond acceptors (Lipinski definition) is 6. The Kier molecular flexibility index (Phi) is 7.64. The van der Waals surface area contributed by atoms with E-state index in [1.807, 2.05) is 35.7 Å². The Labute approximate surface area is 183 Å². The maximum absolute atomic E-state index is 12.3. The second-order valence-corrected chi connectivity index (χ2v) is 8.59. The topological polar surface area (TPSA) is 78.7 Å². The minimum absolute atomic E-state index is 0.113. The van der Waals surface area contributed by atoms with Crippen LogP contribution in [0.25, 0.3) is 11.3 Å². The summed E-state index contributed by atoms with van der Waals surface area (Å²) < 4.78 is 0. The quantitative estimate of drug-likeness (QED) is 0.445. The van der Waals surface area contributed by atoms with Crippen LogP contribution in [-0.2, 0) is 11.2 Å². The van der Waals surface area contributed by atoms with E-state index in [2.05, 4.69) is 28.3 Å². The lowest BCUT2D eigenvalue weighted by Crippen LogP contribution is -2.12. The lowest BCUT2D eigenvalue weighted by atomic mass is 10.2. The molecule has 1 N–H and O–H groups in total. The minimum atomic E-state index is -0.113. The van der Waals surface area contributed by atoms with E-state index in [9.17, 15) is 10.1 Å². The number of benzene rings is 1. The average molecular weight is 443 g/mol. The second kappa shape index (κ2) is 10.4. The lowest BCUT2D eigenvalue weighted by Gasteiger charge is -2.06. The van der Waals surface area contributed by atoms with Gasteiger partial charge in [-0.2, -0.15) is 5.26 Å². The molecule has 0 saturated carbocycles. The first-order valence-electron chi connectivity index (χ1n) is 9.13. The number of amides is 1. The zero-order valence-corrected chi connectivity index (χ0v) is 18.2. The monoisotopic (exact) mass is 442 g/mol. The molecular formula is C21H19ClN4OS2. The van der Waals surface area contributed by atoms with Gasteiger partial charge in [-0.1, -0.05) is 37.1 Å². The van der Waals surface area contributed by atoms with Crippen molar-refractivity contribution in [3.05, 3.63) is 58.1 Å². The Morgan fingerprint density at radius 2 is 2.03 bits per heavy atom. The fraction of sp³-hybridized carbons (Fsp3) is 0.238. The summed E-state index contributed by atoms with van der Waals surface area (Å²) >= 11 is 8.72. The predicted molar refractivity (Wildman–Crippen MR) is 119 cm³/mol. The van der Waals surface area contributed by atoms with Gasteiger partial charge in [-0.15, -0.1) is 23.1 Å². The Balaban J connectivity index is 1.54. The Morgan fingerprint density at radius 3 is 2.76 bits per heavy atom. The van der Waals surface area contributed by atoms with Gasteiger partial charge in [0.15, 0.2) is 5.13 Å². The molecule has 3 aromatic rings. The predicted octanol–water partition coefficient (Wildman–Crippen LogP) is 5.80. The van der Waals surface area contributed by atoms with E-state index < -0.39 is 0 Å². The van der Waals surface area contributed by atoms with Crippen LogP contribution in [-0.4, -0.2) is 21.6 Å². The van der Waals surface area contributed by atoms with Gasteiger partial charge < -0.3 is 5.32 Å². The van der Waals surface area contributed by atoms with E-state index in [0.29, 0.717) is 32.9 Å². The molecule has 8 heteroatoms. The van der Waals surface area contributed by atoms with E-state index in [1.54, 1.807) is 6.07 Å². The van der Waals surface area contributed by atoms with E-state index in [-0.39, 0.29) is 5.91 Å². The number of halogens is 1. The molecule has 5 nitrogen and oxygen atoms in total. The minimum Gasteiger partial charge on any atom is -0.302 e. The summed E-state index contributed by atoms with van der Waals surface area (Å²) in [5, 5.41) is 15.9. The van der Waals surface area contributed by atoms with Crippen molar-refractivity contribution in [1.82, 2.24) is 9.97 Å². The summed E-state index contributed by atoms with van der Waals surface area (Å²) in [6.45, 7) is 2.09. The largest absolute Gasteiger partial charge is 0.302 e. The highest BCUT2D eigenvalue weighted by Gasteiger charge is 2.11. The van der Waals surface area contributed by atoms with E-state index in [1.165, 1.54) is 23.1 Å². The molecule has 1 aromatic carbocycles. The number of hydrogen-bond donors (Lipinski definition) is 1. The highest BCUT2D eigenvalue weighted by molar-refractivity contribution is 7.99.